The Morgan fingerprint density at radius 1 is 0.333 bits per heavy atom. The van der Waals surface area contributed by atoms with Gasteiger partial charge in [-0.3, -0.25) is 11.0 Å². The first-order chi connectivity index (χ1) is 23.8. The van der Waals surface area contributed by atoms with E-state index in [0.717, 1.165) is 12.8 Å². The van der Waals surface area contributed by atoms with E-state index in [0.29, 0.717) is 0 Å². The van der Waals surface area contributed by atoms with E-state index in [9.17, 15) is 0 Å². The molecule has 2 N–H and O–H groups in total. The quantitative estimate of drug-likeness (QED) is 0.0691. The summed E-state index contributed by atoms with van der Waals surface area (Å²) < 4.78 is 13.5. The Balaban J connectivity index is 1.12. The molecule has 0 atom stereocenters. The maximum atomic E-state index is 6.75. The van der Waals surface area contributed by atoms with Gasteiger partial charge in [-0.15, -0.1) is 0 Å². The maximum Gasteiger partial charge on any atom is 0.321 e. The zero-order chi connectivity index (χ0) is 32.7. The summed E-state index contributed by atoms with van der Waals surface area (Å²) in [5.74, 6) is 0. The summed E-state index contributed by atoms with van der Waals surface area (Å²) in [6.45, 7) is 0. The van der Waals surface area contributed by atoms with E-state index in [2.05, 4.69) is 169 Å². The van der Waals surface area contributed by atoms with Crippen molar-refractivity contribution in [1.29, 1.82) is 0 Å². The van der Waals surface area contributed by atoms with Crippen molar-refractivity contribution in [3.8, 4) is 0 Å². The minimum atomic E-state index is -2.81. The van der Waals surface area contributed by atoms with Crippen LogP contribution >= 0.6 is 0 Å². The van der Waals surface area contributed by atoms with Crippen LogP contribution in [0.5, 0.6) is 0 Å². The van der Waals surface area contributed by atoms with E-state index in [1.54, 1.807) is 0 Å². The molecule has 6 aromatic rings. The fraction of sp³-hybridized carbons (Fsp3) is 0.0476. The van der Waals surface area contributed by atoms with Crippen LogP contribution in [0.4, 0.5) is 0 Å². The standard InChI is InChI=1S/C42H40N2O2Si2/c1(21-35-43-45-47(37-23-9-3-10-24-37,38-25-11-4-12-26-38)39-27-13-5-14-28-39)2-22-36-44-46-48(40-29-15-6-16-30-40,41-31-17-7-18-32-41)42-33-19-8-20-34-42/h3-36,43-44H,1-2H2. The van der Waals surface area contributed by atoms with Crippen LogP contribution in [0.1, 0.15) is 12.8 Å². The SMILES string of the molecule is C(=CNO[Si](c1ccccc1)(c1ccccc1)c1ccccc1)CCC=CNO[Si](c1ccccc1)(c1ccccc1)c1ccccc1. The van der Waals surface area contributed by atoms with Gasteiger partial charge in [0.1, 0.15) is 0 Å². The fourth-order valence-electron chi connectivity index (χ4n) is 6.09. The minimum absolute atomic E-state index is 0.837. The molecule has 0 spiro atoms. The molecular formula is C42H40N2O2Si2. The van der Waals surface area contributed by atoms with E-state index in [1.165, 1.54) is 31.1 Å². The van der Waals surface area contributed by atoms with E-state index in [4.69, 9.17) is 9.05 Å². The third-order valence-electron chi connectivity index (χ3n) is 8.38. The molecule has 0 aromatic heterocycles. The Labute approximate surface area is 286 Å². The third kappa shape index (κ3) is 7.33. The smallest absolute Gasteiger partial charge is 0.306 e. The van der Waals surface area contributed by atoms with Gasteiger partial charge in [-0.2, -0.15) is 0 Å². The highest BCUT2D eigenvalue weighted by molar-refractivity contribution is 7.07. The zero-order valence-corrected chi connectivity index (χ0v) is 28.9. The molecular weight excluding hydrogens is 621 g/mol. The second-order valence-electron chi connectivity index (χ2n) is 11.4. The molecule has 6 heteroatoms. The van der Waals surface area contributed by atoms with E-state index >= 15 is 0 Å². The lowest BCUT2D eigenvalue weighted by Crippen LogP contribution is -2.70. The molecule has 4 nitrogen and oxygen atoms in total. The number of hydrogen-bond acceptors (Lipinski definition) is 4. The molecule has 6 rings (SSSR count). The van der Waals surface area contributed by atoms with Gasteiger partial charge in [0, 0.05) is 12.4 Å². The van der Waals surface area contributed by atoms with E-state index in [1.807, 2.05) is 48.8 Å². The third-order valence-corrected chi connectivity index (χ3v) is 16.1. The molecule has 0 saturated heterocycles. The summed E-state index contributed by atoms with van der Waals surface area (Å²) in [5.41, 5.74) is 6.44. The van der Waals surface area contributed by atoms with E-state index in [-0.39, 0.29) is 0 Å². The van der Waals surface area contributed by atoms with Gasteiger partial charge < -0.3 is 9.05 Å². The van der Waals surface area contributed by atoms with Crippen molar-refractivity contribution in [3.05, 3.63) is 207 Å². The Morgan fingerprint density at radius 3 is 0.750 bits per heavy atom. The van der Waals surface area contributed by atoms with Crippen molar-refractivity contribution < 1.29 is 9.05 Å². The molecule has 0 saturated carbocycles. The van der Waals surface area contributed by atoms with Crippen molar-refractivity contribution in [2.24, 2.45) is 0 Å². The molecule has 0 fully saturated rings. The predicted octanol–water partition coefficient (Wildman–Crippen LogP) is 5.17. The molecule has 6 aromatic carbocycles. The topological polar surface area (TPSA) is 42.5 Å². The Morgan fingerprint density at radius 2 is 0.542 bits per heavy atom. The molecule has 0 bridgehead atoms. The summed E-state index contributed by atoms with van der Waals surface area (Å²) in [5, 5.41) is 7.07. The molecule has 238 valence electrons. The lowest BCUT2D eigenvalue weighted by Gasteiger charge is -2.32. The van der Waals surface area contributed by atoms with E-state index < -0.39 is 16.6 Å². The second-order valence-corrected chi connectivity index (χ2v) is 18.0. The van der Waals surface area contributed by atoms with Gasteiger partial charge in [-0.25, -0.2) is 0 Å². The molecule has 0 radical (unpaired) electrons. The van der Waals surface area contributed by atoms with Crippen LogP contribution in [0.3, 0.4) is 0 Å². The van der Waals surface area contributed by atoms with Gasteiger partial charge in [-0.1, -0.05) is 194 Å². The van der Waals surface area contributed by atoms with Crippen LogP contribution in [-0.2, 0) is 9.05 Å². The fourth-order valence-corrected chi connectivity index (χ4v) is 13.3. The highest BCUT2D eigenvalue weighted by Crippen LogP contribution is 2.10. The lowest BCUT2D eigenvalue weighted by atomic mass is 10.3. The predicted molar refractivity (Wildman–Crippen MR) is 204 cm³/mol. The number of allylic oxidation sites excluding steroid dienone is 2. The first kappa shape index (κ1) is 32.7. The monoisotopic (exact) mass is 660 g/mol. The van der Waals surface area contributed by atoms with Gasteiger partial charge in [-0.05, 0) is 44.0 Å². The highest BCUT2D eigenvalue weighted by atomic mass is 28.4. The van der Waals surface area contributed by atoms with Crippen LogP contribution in [0.2, 0.25) is 0 Å². The van der Waals surface area contributed by atoms with Crippen molar-refractivity contribution in [2.75, 3.05) is 0 Å². The van der Waals surface area contributed by atoms with Crippen LogP contribution in [-0.4, -0.2) is 16.6 Å². The van der Waals surface area contributed by atoms with Gasteiger partial charge in [0.15, 0.2) is 0 Å². The van der Waals surface area contributed by atoms with Gasteiger partial charge in [0.25, 0.3) is 0 Å². The molecule has 48 heavy (non-hydrogen) atoms. The Bertz CT molecular complexity index is 1520. The molecule has 0 aliphatic heterocycles. The first-order valence-electron chi connectivity index (χ1n) is 16.3. The van der Waals surface area contributed by atoms with Crippen molar-refractivity contribution in [2.45, 2.75) is 12.8 Å². The minimum Gasteiger partial charge on any atom is -0.306 e. The number of hydrogen-bond donors (Lipinski definition) is 2. The summed E-state index contributed by atoms with van der Waals surface area (Å²) >= 11 is 0. The molecule has 0 aliphatic carbocycles. The van der Waals surface area contributed by atoms with Crippen molar-refractivity contribution in [1.82, 2.24) is 11.0 Å². The molecule has 0 aliphatic rings. The summed E-state index contributed by atoms with van der Waals surface area (Å²) in [4.78, 5) is 0. The summed E-state index contributed by atoms with van der Waals surface area (Å²) in [7, 11) is -5.62. The van der Waals surface area contributed by atoms with Crippen LogP contribution in [0.25, 0.3) is 0 Å². The Kier molecular flexibility index (Phi) is 11.3. The van der Waals surface area contributed by atoms with Gasteiger partial charge >= 0.3 is 16.6 Å². The average Bonchev–Trinajstić information content (AvgIpc) is 3.18. The largest absolute Gasteiger partial charge is 0.321 e. The summed E-state index contributed by atoms with van der Waals surface area (Å²) in [6.07, 6.45) is 9.69. The van der Waals surface area contributed by atoms with Gasteiger partial charge in [0.2, 0.25) is 0 Å². The Hall–Kier alpha value is -5.25. The second kappa shape index (κ2) is 16.5. The average molecular weight is 661 g/mol. The van der Waals surface area contributed by atoms with Crippen molar-refractivity contribution in [3.63, 3.8) is 0 Å². The molecule has 0 heterocycles. The molecule has 0 unspecified atom stereocenters. The number of rotatable bonds is 15. The summed E-state index contributed by atoms with van der Waals surface area (Å²) in [6, 6.07) is 63.3. The van der Waals surface area contributed by atoms with Crippen LogP contribution in [0.15, 0.2) is 207 Å². The number of unbranched alkanes of at least 4 members (excludes halogenated alkanes) is 1. The highest BCUT2D eigenvalue weighted by Gasteiger charge is 2.44. The first-order valence-corrected chi connectivity index (χ1v) is 20.2. The molecule has 0 amide bonds. The van der Waals surface area contributed by atoms with Crippen LogP contribution < -0.4 is 42.1 Å². The van der Waals surface area contributed by atoms with Gasteiger partial charge in [0.05, 0.1) is 0 Å². The number of hydroxylamine groups is 2. The number of nitrogens with one attached hydrogen (secondary N) is 2. The van der Waals surface area contributed by atoms with Crippen molar-refractivity contribution >= 4 is 47.8 Å². The lowest BCUT2D eigenvalue weighted by molar-refractivity contribution is 0.245. The zero-order valence-electron chi connectivity index (χ0n) is 26.9. The maximum absolute atomic E-state index is 6.75. The van der Waals surface area contributed by atoms with Crippen LogP contribution in [0, 0.1) is 0 Å². The number of benzene rings is 6. The normalized spacial score (nSPS) is 11.9.